The first-order chi connectivity index (χ1) is 17.2. The Morgan fingerprint density at radius 3 is 2.44 bits per heavy atom. The van der Waals surface area contributed by atoms with Crippen molar-refractivity contribution < 1.29 is 14.3 Å². The molecule has 0 aliphatic carbocycles. The second-order valence-corrected chi connectivity index (χ2v) is 9.78. The van der Waals surface area contributed by atoms with Gasteiger partial charge in [0.1, 0.15) is 5.75 Å². The Bertz CT molecular complexity index is 1220. The van der Waals surface area contributed by atoms with Crippen molar-refractivity contribution in [3.05, 3.63) is 77.6 Å². The van der Waals surface area contributed by atoms with Crippen LogP contribution in [0.25, 0.3) is 0 Å². The lowest BCUT2D eigenvalue weighted by Gasteiger charge is -2.22. The number of aryl methyl sites for hydroxylation is 2. The average Bonchev–Trinajstić information content (AvgIpc) is 3.23. The Balaban J connectivity index is 1.76. The first kappa shape index (κ1) is 27.0. The van der Waals surface area contributed by atoms with Gasteiger partial charge in [-0.25, -0.2) is 0 Å². The molecule has 3 aromatic rings. The number of amides is 2. The predicted molar refractivity (Wildman–Crippen MR) is 144 cm³/mol. The fraction of sp³-hybridized carbons (Fsp3) is 0.333. The number of rotatable bonds is 11. The minimum atomic E-state index is -0.369. The van der Waals surface area contributed by atoms with Crippen molar-refractivity contribution in [3.8, 4) is 5.75 Å². The molecule has 0 aliphatic rings. The van der Waals surface area contributed by atoms with E-state index in [1.807, 2.05) is 62.6 Å². The monoisotopic (exact) mass is 507 g/mol. The number of aromatic nitrogens is 3. The Kier molecular flexibility index (Phi) is 9.30. The molecular formula is C27H33N5O3S. The van der Waals surface area contributed by atoms with E-state index in [1.54, 1.807) is 25.3 Å². The van der Waals surface area contributed by atoms with Crippen molar-refractivity contribution in [2.45, 2.75) is 45.4 Å². The number of anilines is 1. The summed E-state index contributed by atoms with van der Waals surface area (Å²) in [6.07, 6.45) is 1.74. The summed E-state index contributed by atoms with van der Waals surface area (Å²) in [6, 6.07) is 12.7. The van der Waals surface area contributed by atoms with Gasteiger partial charge in [-0.15, -0.1) is 16.8 Å². The van der Waals surface area contributed by atoms with Gasteiger partial charge < -0.3 is 19.9 Å². The quantitative estimate of drug-likeness (QED) is 0.282. The molecule has 190 valence electrons. The maximum atomic E-state index is 12.9. The molecule has 0 bridgehead atoms. The van der Waals surface area contributed by atoms with Crippen LogP contribution in [-0.4, -0.2) is 39.4 Å². The molecule has 2 amide bonds. The number of carbonyl (C=O) groups is 2. The maximum Gasteiger partial charge on any atom is 0.251 e. The van der Waals surface area contributed by atoms with Crippen LogP contribution in [0.4, 0.5) is 5.69 Å². The molecule has 0 aliphatic heterocycles. The number of benzene rings is 2. The molecule has 0 spiro atoms. The molecule has 0 unspecified atom stereocenters. The minimum absolute atomic E-state index is 0.0575. The highest BCUT2D eigenvalue weighted by molar-refractivity contribution is 7.99. The molecule has 0 saturated heterocycles. The summed E-state index contributed by atoms with van der Waals surface area (Å²) in [5, 5.41) is 15.3. The van der Waals surface area contributed by atoms with Gasteiger partial charge in [0.25, 0.3) is 5.91 Å². The molecule has 1 aromatic heterocycles. The molecule has 2 N–H and O–H groups in total. The number of hydrogen-bond donors (Lipinski definition) is 2. The number of ether oxygens (including phenoxy) is 1. The van der Waals surface area contributed by atoms with Gasteiger partial charge in [0.2, 0.25) is 5.91 Å². The number of hydrogen-bond acceptors (Lipinski definition) is 6. The van der Waals surface area contributed by atoms with Crippen molar-refractivity contribution in [1.29, 1.82) is 0 Å². The second-order valence-electron chi connectivity index (χ2n) is 8.84. The summed E-state index contributed by atoms with van der Waals surface area (Å²) < 4.78 is 7.23. The van der Waals surface area contributed by atoms with Crippen molar-refractivity contribution in [2.75, 3.05) is 18.2 Å². The van der Waals surface area contributed by atoms with E-state index in [1.165, 1.54) is 11.8 Å². The van der Waals surface area contributed by atoms with E-state index in [-0.39, 0.29) is 29.5 Å². The van der Waals surface area contributed by atoms with Gasteiger partial charge in [0.05, 0.1) is 24.6 Å². The lowest BCUT2D eigenvalue weighted by Crippen LogP contribution is -2.33. The van der Waals surface area contributed by atoms with Crippen molar-refractivity contribution >= 4 is 29.3 Å². The number of nitrogens with one attached hydrogen (secondary N) is 2. The first-order valence-corrected chi connectivity index (χ1v) is 12.7. The zero-order valence-electron chi connectivity index (χ0n) is 21.4. The second kappa shape index (κ2) is 12.4. The lowest BCUT2D eigenvalue weighted by atomic mass is 10.0. The van der Waals surface area contributed by atoms with Crippen molar-refractivity contribution in [2.24, 2.45) is 5.92 Å². The summed E-state index contributed by atoms with van der Waals surface area (Å²) >= 11 is 1.27. The van der Waals surface area contributed by atoms with E-state index in [2.05, 4.69) is 27.4 Å². The zero-order valence-corrected chi connectivity index (χ0v) is 22.2. The Morgan fingerprint density at radius 2 is 1.81 bits per heavy atom. The van der Waals surface area contributed by atoms with Gasteiger partial charge in [-0.3, -0.25) is 9.59 Å². The highest BCUT2D eigenvalue weighted by Crippen LogP contribution is 2.28. The SMILES string of the molecule is C=CCn1c(SCC(=O)Nc2cc(C)ccc2OC)nnc1[C@H](NC(=O)c1ccc(C)cc1)C(C)C. The Labute approximate surface area is 216 Å². The standard InChI is InChI=1S/C27H33N5O3S/c1-7-14-32-25(24(17(2)3)29-26(34)20-11-8-18(4)9-12-20)30-31-27(32)36-16-23(33)28-21-15-19(5)10-13-22(21)35-6/h7-13,15,17,24H,1,14,16H2,2-6H3,(H,28,33)(H,29,34)/t24-/m1/s1. The van der Waals surface area contributed by atoms with E-state index in [0.717, 1.165) is 11.1 Å². The molecule has 0 saturated carbocycles. The van der Waals surface area contributed by atoms with Crippen LogP contribution in [0, 0.1) is 19.8 Å². The van der Waals surface area contributed by atoms with E-state index < -0.39 is 0 Å². The summed E-state index contributed by atoms with van der Waals surface area (Å²) in [5.41, 5.74) is 3.31. The fourth-order valence-corrected chi connectivity index (χ4v) is 4.39. The zero-order chi connectivity index (χ0) is 26.2. The highest BCUT2D eigenvalue weighted by atomic mass is 32.2. The summed E-state index contributed by atoms with van der Waals surface area (Å²) in [7, 11) is 1.57. The molecular weight excluding hydrogens is 474 g/mol. The van der Waals surface area contributed by atoms with E-state index in [9.17, 15) is 9.59 Å². The topological polar surface area (TPSA) is 98.1 Å². The summed E-state index contributed by atoms with van der Waals surface area (Å²) in [6.45, 7) is 12.3. The van der Waals surface area contributed by atoms with E-state index in [0.29, 0.717) is 34.5 Å². The maximum absolute atomic E-state index is 12.9. The van der Waals surface area contributed by atoms with E-state index in [4.69, 9.17) is 4.74 Å². The Hall–Kier alpha value is -3.59. The van der Waals surface area contributed by atoms with Crippen LogP contribution in [0.5, 0.6) is 5.75 Å². The molecule has 0 fully saturated rings. The van der Waals surface area contributed by atoms with Gasteiger partial charge in [-0.2, -0.15) is 0 Å². The van der Waals surface area contributed by atoms with Crippen LogP contribution in [0.1, 0.15) is 47.2 Å². The number of carbonyl (C=O) groups excluding carboxylic acids is 2. The van der Waals surface area contributed by atoms with Crippen LogP contribution < -0.4 is 15.4 Å². The van der Waals surface area contributed by atoms with Crippen LogP contribution in [0.15, 0.2) is 60.3 Å². The van der Waals surface area contributed by atoms with Gasteiger partial charge in [-0.1, -0.05) is 55.4 Å². The third-order valence-corrected chi connectivity index (χ3v) is 6.53. The van der Waals surface area contributed by atoms with E-state index >= 15 is 0 Å². The van der Waals surface area contributed by atoms with Gasteiger partial charge in [0, 0.05) is 12.1 Å². The summed E-state index contributed by atoms with van der Waals surface area (Å²) in [5.74, 6) is 1.04. The highest BCUT2D eigenvalue weighted by Gasteiger charge is 2.26. The average molecular weight is 508 g/mol. The fourth-order valence-electron chi connectivity index (χ4n) is 3.63. The normalized spacial score (nSPS) is 11.7. The van der Waals surface area contributed by atoms with Crippen LogP contribution >= 0.6 is 11.8 Å². The van der Waals surface area contributed by atoms with Gasteiger partial charge in [0.15, 0.2) is 11.0 Å². The molecule has 0 radical (unpaired) electrons. The van der Waals surface area contributed by atoms with Gasteiger partial charge >= 0.3 is 0 Å². The number of thioether (sulfide) groups is 1. The number of nitrogens with zero attached hydrogens (tertiary/aromatic N) is 3. The summed E-state index contributed by atoms with van der Waals surface area (Å²) in [4.78, 5) is 25.6. The first-order valence-electron chi connectivity index (χ1n) is 11.7. The third-order valence-electron chi connectivity index (χ3n) is 5.56. The molecule has 36 heavy (non-hydrogen) atoms. The predicted octanol–water partition coefficient (Wildman–Crippen LogP) is 4.95. The molecule has 1 heterocycles. The Morgan fingerprint density at radius 1 is 1.11 bits per heavy atom. The molecule has 3 rings (SSSR count). The molecule has 9 heteroatoms. The van der Waals surface area contributed by atoms with Crippen LogP contribution in [0.3, 0.4) is 0 Å². The third kappa shape index (κ3) is 6.75. The van der Waals surface area contributed by atoms with Gasteiger partial charge in [-0.05, 0) is 49.6 Å². The van der Waals surface area contributed by atoms with Crippen LogP contribution in [-0.2, 0) is 11.3 Å². The lowest BCUT2D eigenvalue weighted by molar-refractivity contribution is -0.113. The van der Waals surface area contributed by atoms with Crippen molar-refractivity contribution in [1.82, 2.24) is 20.1 Å². The van der Waals surface area contributed by atoms with Crippen molar-refractivity contribution in [3.63, 3.8) is 0 Å². The molecule has 1 atom stereocenters. The van der Waals surface area contributed by atoms with Crippen LogP contribution in [0.2, 0.25) is 0 Å². The number of allylic oxidation sites excluding steroid dienone is 1. The molecule has 2 aromatic carbocycles. The number of methoxy groups -OCH3 is 1. The molecule has 8 nitrogen and oxygen atoms in total. The largest absolute Gasteiger partial charge is 0.495 e. The smallest absolute Gasteiger partial charge is 0.251 e. The minimum Gasteiger partial charge on any atom is -0.495 e.